The van der Waals surface area contributed by atoms with Gasteiger partial charge in [-0.3, -0.25) is 9.69 Å². The Bertz CT molecular complexity index is 467. The van der Waals surface area contributed by atoms with Crippen LogP contribution in [0.5, 0.6) is 0 Å². The number of likely N-dealkylation sites (tertiary alicyclic amines) is 1. The van der Waals surface area contributed by atoms with Gasteiger partial charge in [0.1, 0.15) is 0 Å². The predicted molar refractivity (Wildman–Crippen MR) is 84.4 cm³/mol. The molecule has 4 nitrogen and oxygen atoms in total. The van der Waals surface area contributed by atoms with Crippen LogP contribution in [0.1, 0.15) is 18.4 Å². The minimum atomic E-state index is 0.277. The van der Waals surface area contributed by atoms with Crippen molar-refractivity contribution < 1.29 is 9.53 Å². The second-order valence-electron chi connectivity index (χ2n) is 5.34. The minimum Gasteiger partial charge on any atom is -0.383 e. The van der Waals surface area contributed by atoms with Crippen molar-refractivity contribution in [2.45, 2.75) is 19.4 Å². The summed E-state index contributed by atoms with van der Waals surface area (Å²) in [6, 6.07) is 7.90. The van der Waals surface area contributed by atoms with Gasteiger partial charge in [0.25, 0.3) is 0 Å². The van der Waals surface area contributed by atoms with Crippen molar-refractivity contribution in [1.82, 2.24) is 9.80 Å². The zero-order valence-corrected chi connectivity index (χ0v) is 13.3. The van der Waals surface area contributed by atoms with Crippen LogP contribution in [0.25, 0.3) is 0 Å². The van der Waals surface area contributed by atoms with Crippen LogP contribution in [-0.2, 0) is 16.1 Å². The van der Waals surface area contributed by atoms with Crippen LogP contribution in [0.3, 0.4) is 0 Å². The molecule has 0 unspecified atom stereocenters. The molecule has 0 atom stereocenters. The number of benzene rings is 1. The highest BCUT2D eigenvalue weighted by Gasteiger charge is 2.20. The fourth-order valence-electron chi connectivity index (χ4n) is 2.56. The standard InChI is InChI=1S/C16H23ClN2O2/c1-21-12-11-18(9-10-19-8-4-7-16(19)20)13-14-5-2-3-6-15(14)17/h2-3,5-6H,4,7-13H2,1H3. The van der Waals surface area contributed by atoms with Gasteiger partial charge in [-0.1, -0.05) is 29.8 Å². The van der Waals surface area contributed by atoms with Crippen LogP contribution in [0.4, 0.5) is 0 Å². The molecule has 1 aromatic rings. The Labute approximate surface area is 131 Å². The second kappa shape index (κ2) is 8.37. The molecule has 1 aromatic carbocycles. The molecule has 21 heavy (non-hydrogen) atoms. The normalized spacial score (nSPS) is 15.2. The maximum Gasteiger partial charge on any atom is 0.222 e. The van der Waals surface area contributed by atoms with Gasteiger partial charge in [0.05, 0.1) is 6.61 Å². The highest BCUT2D eigenvalue weighted by Crippen LogP contribution is 2.17. The topological polar surface area (TPSA) is 32.8 Å². The number of hydrogen-bond acceptors (Lipinski definition) is 3. The smallest absolute Gasteiger partial charge is 0.222 e. The van der Waals surface area contributed by atoms with Gasteiger partial charge >= 0.3 is 0 Å². The van der Waals surface area contributed by atoms with E-state index in [1.165, 1.54) is 0 Å². The first-order chi connectivity index (χ1) is 10.2. The molecule has 0 aliphatic carbocycles. The van der Waals surface area contributed by atoms with Gasteiger partial charge in [0.2, 0.25) is 5.91 Å². The molecule has 0 bridgehead atoms. The van der Waals surface area contributed by atoms with E-state index in [1.54, 1.807) is 7.11 Å². The molecule has 0 aromatic heterocycles. The molecule has 116 valence electrons. The second-order valence-corrected chi connectivity index (χ2v) is 5.75. The molecule has 1 fully saturated rings. The van der Waals surface area contributed by atoms with Crippen LogP contribution in [0.15, 0.2) is 24.3 Å². The fourth-order valence-corrected chi connectivity index (χ4v) is 2.76. The first-order valence-corrected chi connectivity index (χ1v) is 7.81. The van der Waals surface area contributed by atoms with Crippen molar-refractivity contribution in [3.05, 3.63) is 34.9 Å². The van der Waals surface area contributed by atoms with E-state index < -0.39 is 0 Å². The van der Waals surface area contributed by atoms with Crippen molar-refractivity contribution in [1.29, 1.82) is 0 Å². The Morgan fingerprint density at radius 1 is 1.33 bits per heavy atom. The van der Waals surface area contributed by atoms with E-state index in [2.05, 4.69) is 4.90 Å². The van der Waals surface area contributed by atoms with Crippen molar-refractivity contribution in [2.75, 3.05) is 39.9 Å². The quantitative estimate of drug-likeness (QED) is 0.739. The summed E-state index contributed by atoms with van der Waals surface area (Å²) in [5.41, 5.74) is 1.11. The number of amides is 1. The zero-order chi connectivity index (χ0) is 15.1. The first kappa shape index (κ1) is 16.3. The molecular formula is C16H23ClN2O2. The van der Waals surface area contributed by atoms with E-state index >= 15 is 0 Å². The Kier molecular flexibility index (Phi) is 6.49. The Morgan fingerprint density at radius 3 is 2.81 bits per heavy atom. The lowest BCUT2D eigenvalue weighted by Gasteiger charge is -2.25. The molecule has 0 radical (unpaired) electrons. The maximum absolute atomic E-state index is 11.7. The third kappa shape index (κ3) is 4.99. The van der Waals surface area contributed by atoms with Gasteiger partial charge in [-0.05, 0) is 18.1 Å². The van der Waals surface area contributed by atoms with E-state index in [0.29, 0.717) is 13.0 Å². The third-order valence-corrected chi connectivity index (χ3v) is 4.19. The number of ether oxygens (including phenoxy) is 1. The molecular weight excluding hydrogens is 288 g/mol. The summed E-state index contributed by atoms with van der Waals surface area (Å²) < 4.78 is 5.18. The number of carbonyl (C=O) groups is 1. The lowest BCUT2D eigenvalue weighted by atomic mass is 10.2. The minimum absolute atomic E-state index is 0.277. The molecule has 5 heteroatoms. The van der Waals surface area contributed by atoms with E-state index in [0.717, 1.165) is 49.7 Å². The summed E-state index contributed by atoms with van der Waals surface area (Å²) >= 11 is 6.23. The SMILES string of the molecule is COCCN(CCN1CCCC1=O)Cc1ccccc1Cl. The number of rotatable bonds is 8. The number of methoxy groups -OCH3 is 1. The van der Waals surface area contributed by atoms with Crippen LogP contribution in [-0.4, -0.2) is 55.6 Å². The molecule has 1 aliphatic heterocycles. The maximum atomic E-state index is 11.7. The molecule has 1 saturated heterocycles. The van der Waals surface area contributed by atoms with Gasteiger partial charge in [-0.15, -0.1) is 0 Å². The molecule has 0 spiro atoms. The molecule has 0 N–H and O–H groups in total. The number of nitrogens with zero attached hydrogens (tertiary/aromatic N) is 2. The summed E-state index contributed by atoms with van der Waals surface area (Å²) in [5, 5.41) is 0.789. The van der Waals surface area contributed by atoms with Crippen molar-refractivity contribution in [2.24, 2.45) is 0 Å². The zero-order valence-electron chi connectivity index (χ0n) is 12.6. The van der Waals surface area contributed by atoms with Gasteiger partial charge in [0, 0.05) is 51.3 Å². The first-order valence-electron chi connectivity index (χ1n) is 7.43. The van der Waals surface area contributed by atoms with E-state index in [1.807, 2.05) is 29.2 Å². The summed E-state index contributed by atoms with van der Waals surface area (Å²) in [6.07, 6.45) is 1.68. The van der Waals surface area contributed by atoms with Crippen LogP contribution >= 0.6 is 11.6 Å². The largest absolute Gasteiger partial charge is 0.383 e. The van der Waals surface area contributed by atoms with Crippen molar-refractivity contribution >= 4 is 17.5 Å². The molecule has 1 amide bonds. The van der Waals surface area contributed by atoms with Gasteiger partial charge in [-0.25, -0.2) is 0 Å². The molecule has 2 rings (SSSR count). The van der Waals surface area contributed by atoms with Crippen LogP contribution in [0, 0.1) is 0 Å². The van der Waals surface area contributed by atoms with Crippen molar-refractivity contribution in [3.8, 4) is 0 Å². The van der Waals surface area contributed by atoms with Crippen molar-refractivity contribution in [3.63, 3.8) is 0 Å². The monoisotopic (exact) mass is 310 g/mol. The summed E-state index contributed by atoms with van der Waals surface area (Å²) in [4.78, 5) is 15.9. The number of halogens is 1. The Morgan fingerprint density at radius 2 is 2.14 bits per heavy atom. The lowest BCUT2D eigenvalue weighted by molar-refractivity contribution is -0.127. The summed E-state index contributed by atoms with van der Waals surface area (Å²) in [7, 11) is 1.71. The van der Waals surface area contributed by atoms with E-state index in [-0.39, 0.29) is 5.91 Å². The number of carbonyl (C=O) groups excluding carboxylic acids is 1. The summed E-state index contributed by atoms with van der Waals surface area (Å²) in [5.74, 6) is 0.277. The lowest BCUT2D eigenvalue weighted by Crippen LogP contribution is -2.37. The molecule has 0 saturated carbocycles. The fraction of sp³-hybridized carbons (Fsp3) is 0.562. The molecule has 1 aliphatic rings. The van der Waals surface area contributed by atoms with E-state index in [9.17, 15) is 4.79 Å². The van der Waals surface area contributed by atoms with Crippen LogP contribution < -0.4 is 0 Å². The average molecular weight is 311 g/mol. The number of hydrogen-bond donors (Lipinski definition) is 0. The molecule has 1 heterocycles. The highest BCUT2D eigenvalue weighted by molar-refractivity contribution is 6.31. The summed E-state index contributed by atoms with van der Waals surface area (Å²) in [6.45, 7) is 4.82. The van der Waals surface area contributed by atoms with Gasteiger partial charge in [-0.2, -0.15) is 0 Å². The van der Waals surface area contributed by atoms with Crippen LogP contribution in [0.2, 0.25) is 5.02 Å². The highest BCUT2D eigenvalue weighted by atomic mass is 35.5. The van der Waals surface area contributed by atoms with Gasteiger partial charge in [0.15, 0.2) is 0 Å². The van der Waals surface area contributed by atoms with E-state index in [4.69, 9.17) is 16.3 Å². The Balaban J connectivity index is 1.90. The Hall–Kier alpha value is -1.10. The van der Waals surface area contributed by atoms with Gasteiger partial charge < -0.3 is 9.64 Å². The third-order valence-electron chi connectivity index (χ3n) is 3.82. The average Bonchev–Trinajstić information content (AvgIpc) is 2.89. The predicted octanol–water partition coefficient (Wildman–Crippen LogP) is 2.41.